The van der Waals surface area contributed by atoms with Gasteiger partial charge in [0.25, 0.3) is 5.91 Å². The Balaban J connectivity index is 1.80. The molecule has 1 amide bonds. The molecule has 140 valence electrons. The van der Waals surface area contributed by atoms with Crippen LogP contribution in [0.1, 0.15) is 23.6 Å². The van der Waals surface area contributed by atoms with E-state index in [2.05, 4.69) is 26.0 Å². The highest BCUT2D eigenvalue weighted by Gasteiger charge is 2.34. The smallest absolute Gasteiger partial charge is 0.255 e. The summed E-state index contributed by atoms with van der Waals surface area (Å²) in [5, 5.41) is 6.14. The standard InChI is InChI=1S/C22H18BrN3O2/c1-28-16-11-9-15(10-12-16)17-14-20(19-7-4-5-13-24-19)25-26(22(17)27)21-8-3-2-6-18(21)23/h2-13,17H,14H2,1H3. The van der Waals surface area contributed by atoms with Crippen molar-refractivity contribution < 1.29 is 9.53 Å². The molecule has 2 heterocycles. The third-order valence-electron chi connectivity index (χ3n) is 4.68. The summed E-state index contributed by atoms with van der Waals surface area (Å²) in [5.41, 5.74) is 3.17. The molecule has 5 nitrogen and oxygen atoms in total. The first-order valence-electron chi connectivity index (χ1n) is 8.88. The van der Waals surface area contributed by atoms with E-state index in [9.17, 15) is 4.79 Å². The lowest BCUT2D eigenvalue weighted by molar-refractivity contribution is -0.120. The normalized spacial score (nSPS) is 16.6. The predicted octanol–water partition coefficient (Wildman–Crippen LogP) is 4.78. The Bertz CT molecular complexity index is 1020. The minimum Gasteiger partial charge on any atom is -0.497 e. The highest BCUT2D eigenvalue weighted by atomic mass is 79.9. The number of hydrazone groups is 1. The summed E-state index contributed by atoms with van der Waals surface area (Å²) in [6.07, 6.45) is 2.22. The van der Waals surface area contributed by atoms with E-state index < -0.39 is 0 Å². The number of pyridine rings is 1. The van der Waals surface area contributed by atoms with Crippen LogP contribution in [-0.4, -0.2) is 23.7 Å². The molecular formula is C22H18BrN3O2. The molecule has 2 aromatic carbocycles. The average Bonchev–Trinajstić information content (AvgIpc) is 2.75. The van der Waals surface area contributed by atoms with Gasteiger partial charge < -0.3 is 4.74 Å². The Morgan fingerprint density at radius 2 is 1.79 bits per heavy atom. The first kappa shape index (κ1) is 18.4. The lowest BCUT2D eigenvalue weighted by Gasteiger charge is -2.30. The quantitative estimate of drug-likeness (QED) is 0.592. The molecular weight excluding hydrogens is 418 g/mol. The number of carbonyl (C=O) groups excluding carboxylic acids is 1. The molecule has 6 heteroatoms. The molecule has 28 heavy (non-hydrogen) atoms. The van der Waals surface area contributed by atoms with Crippen molar-refractivity contribution >= 4 is 33.2 Å². The largest absolute Gasteiger partial charge is 0.497 e. The second-order valence-corrected chi connectivity index (χ2v) is 7.25. The van der Waals surface area contributed by atoms with Crippen molar-refractivity contribution in [3.8, 4) is 5.75 Å². The summed E-state index contributed by atoms with van der Waals surface area (Å²) < 4.78 is 6.05. The van der Waals surface area contributed by atoms with Gasteiger partial charge in [0.05, 0.1) is 30.1 Å². The van der Waals surface area contributed by atoms with Crippen LogP contribution in [0, 0.1) is 0 Å². The molecule has 1 atom stereocenters. The second-order valence-electron chi connectivity index (χ2n) is 6.39. The van der Waals surface area contributed by atoms with Crippen LogP contribution in [0.25, 0.3) is 0 Å². The molecule has 1 aliphatic heterocycles. The fourth-order valence-corrected chi connectivity index (χ4v) is 3.67. The number of nitrogens with zero attached hydrogens (tertiary/aromatic N) is 3. The van der Waals surface area contributed by atoms with Crippen LogP contribution in [0.5, 0.6) is 5.75 Å². The lowest BCUT2D eigenvalue weighted by atomic mass is 9.90. The van der Waals surface area contributed by atoms with Gasteiger partial charge in [0, 0.05) is 17.1 Å². The minimum absolute atomic E-state index is 0.0725. The fourth-order valence-electron chi connectivity index (χ4n) is 3.22. The summed E-state index contributed by atoms with van der Waals surface area (Å²) in [7, 11) is 1.63. The van der Waals surface area contributed by atoms with Crippen molar-refractivity contribution in [1.82, 2.24) is 4.98 Å². The van der Waals surface area contributed by atoms with Crippen molar-refractivity contribution in [3.63, 3.8) is 0 Å². The molecule has 0 aliphatic carbocycles. The topological polar surface area (TPSA) is 54.8 Å². The van der Waals surface area contributed by atoms with Gasteiger partial charge in [-0.1, -0.05) is 30.3 Å². The van der Waals surface area contributed by atoms with Crippen LogP contribution < -0.4 is 9.75 Å². The number of aromatic nitrogens is 1. The minimum atomic E-state index is -0.354. The molecule has 4 rings (SSSR count). The zero-order valence-electron chi connectivity index (χ0n) is 15.2. The van der Waals surface area contributed by atoms with Crippen LogP contribution >= 0.6 is 15.9 Å². The number of amides is 1. The number of ether oxygens (including phenoxy) is 1. The summed E-state index contributed by atoms with van der Waals surface area (Å²) in [6, 6.07) is 20.9. The highest BCUT2D eigenvalue weighted by molar-refractivity contribution is 9.10. The lowest BCUT2D eigenvalue weighted by Crippen LogP contribution is -2.38. The number of anilines is 1. The summed E-state index contributed by atoms with van der Waals surface area (Å²) >= 11 is 3.54. The number of methoxy groups -OCH3 is 1. The second kappa shape index (κ2) is 7.94. The van der Waals surface area contributed by atoms with Gasteiger partial charge in [-0.3, -0.25) is 9.78 Å². The number of hydrogen-bond donors (Lipinski definition) is 0. The molecule has 1 aliphatic rings. The molecule has 0 radical (unpaired) electrons. The summed E-state index contributed by atoms with van der Waals surface area (Å²) in [4.78, 5) is 17.8. The molecule has 0 saturated heterocycles. The fraction of sp³-hybridized carbons (Fsp3) is 0.136. The van der Waals surface area contributed by atoms with Crippen molar-refractivity contribution in [1.29, 1.82) is 0 Å². The SMILES string of the molecule is COc1ccc(C2CC(c3ccccn3)=NN(c3ccccc3Br)C2=O)cc1. The van der Waals surface area contributed by atoms with E-state index in [0.29, 0.717) is 12.1 Å². The predicted molar refractivity (Wildman–Crippen MR) is 113 cm³/mol. The van der Waals surface area contributed by atoms with E-state index in [-0.39, 0.29) is 11.8 Å². The maximum atomic E-state index is 13.4. The van der Waals surface area contributed by atoms with Gasteiger partial charge in [-0.25, -0.2) is 0 Å². The van der Waals surface area contributed by atoms with Gasteiger partial charge in [-0.2, -0.15) is 10.1 Å². The Hall–Kier alpha value is -2.99. The molecule has 0 saturated carbocycles. The number of benzene rings is 2. The van der Waals surface area contributed by atoms with Crippen LogP contribution in [0.4, 0.5) is 5.69 Å². The molecule has 0 fully saturated rings. The summed E-state index contributed by atoms with van der Waals surface area (Å²) in [5.74, 6) is 0.331. The van der Waals surface area contributed by atoms with Gasteiger partial charge in [-0.15, -0.1) is 0 Å². The summed E-state index contributed by atoms with van der Waals surface area (Å²) in [6.45, 7) is 0. The zero-order chi connectivity index (χ0) is 19.5. The number of hydrogen-bond acceptors (Lipinski definition) is 4. The number of halogens is 1. The van der Waals surface area contributed by atoms with E-state index in [1.165, 1.54) is 5.01 Å². The van der Waals surface area contributed by atoms with E-state index in [1.807, 2.05) is 66.7 Å². The van der Waals surface area contributed by atoms with E-state index in [1.54, 1.807) is 13.3 Å². The van der Waals surface area contributed by atoms with Gasteiger partial charge in [0.1, 0.15) is 5.75 Å². The molecule has 1 unspecified atom stereocenters. The molecule has 0 N–H and O–H groups in total. The van der Waals surface area contributed by atoms with Crippen LogP contribution in [0.15, 0.2) is 82.5 Å². The molecule has 0 spiro atoms. The van der Waals surface area contributed by atoms with E-state index >= 15 is 0 Å². The molecule has 3 aromatic rings. The zero-order valence-corrected chi connectivity index (χ0v) is 16.8. The monoisotopic (exact) mass is 435 g/mol. The van der Waals surface area contributed by atoms with Gasteiger partial charge in [0.15, 0.2) is 0 Å². The van der Waals surface area contributed by atoms with Crippen LogP contribution in [0.3, 0.4) is 0 Å². The van der Waals surface area contributed by atoms with E-state index in [4.69, 9.17) is 4.74 Å². The van der Waals surface area contributed by atoms with Gasteiger partial charge >= 0.3 is 0 Å². The van der Waals surface area contributed by atoms with E-state index in [0.717, 1.165) is 27.2 Å². The maximum absolute atomic E-state index is 13.4. The first-order chi connectivity index (χ1) is 13.7. The number of rotatable bonds is 4. The highest BCUT2D eigenvalue weighted by Crippen LogP contribution is 2.35. The Labute approximate surface area is 171 Å². The van der Waals surface area contributed by atoms with Gasteiger partial charge in [-0.05, 0) is 57.9 Å². The first-order valence-corrected chi connectivity index (χ1v) is 9.68. The number of para-hydroxylation sites is 1. The average molecular weight is 436 g/mol. The Morgan fingerprint density at radius 1 is 1.04 bits per heavy atom. The maximum Gasteiger partial charge on any atom is 0.255 e. The van der Waals surface area contributed by atoms with Crippen molar-refractivity contribution in [2.24, 2.45) is 5.10 Å². The third-order valence-corrected chi connectivity index (χ3v) is 5.35. The van der Waals surface area contributed by atoms with Gasteiger partial charge in [0.2, 0.25) is 0 Å². The Kier molecular flexibility index (Phi) is 5.21. The molecule has 1 aromatic heterocycles. The van der Waals surface area contributed by atoms with Crippen molar-refractivity contribution in [2.45, 2.75) is 12.3 Å². The van der Waals surface area contributed by atoms with Crippen molar-refractivity contribution in [2.75, 3.05) is 12.1 Å². The van der Waals surface area contributed by atoms with Crippen LogP contribution in [-0.2, 0) is 4.79 Å². The van der Waals surface area contributed by atoms with Crippen molar-refractivity contribution in [3.05, 3.63) is 88.7 Å². The molecule has 0 bridgehead atoms. The third kappa shape index (κ3) is 3.55. The Morgan fingerprint density at radius 3 is 2.46 bits per heavy atom. The number of carbonyl (C=O) groups is 1. The van der Waals surface area contributed by atoms with Crippen LogP contribution in [0.2, 0.25) is 0 Å².